The average Bonchev–Trinajstić information content (AvgIpc) is 2.61. The first kappa shape index (κ1) is 18.6. The van der Waals surface area contributed by atoms with Crippen molar-refractivity contribution >= 4 is 35.0 Å². The number of amides is 2. The summed E-state index contributed by atoms with van der Waals surface area (Å²) in [5, 5.41) is 9.54. The van der Waals surface area contributed by atoms with Crippen molar-refractivity contribution in [2.75, 3.05) is 6.61 Å². The van der Waals surface area contributed by atoms with Gasteiger partial charge in [0.05, 0.1) is 18.1 Å². The monoisotopic (exact) mass is 377 g/mol. The number of hydrazine groups is 1. The van der Waals surface area contributed by atoms with Crippen molar-refractivity contribution in [1.82, 2.24) is 10.9 Å². The predicted octanol–water partition coefficient (Wildman–Crippen LogP) is 2.63. The highest BCUT2D eigenvalue weighted by Gasteiger charge is 2.09. The SMILES string of the molecule is N#Cc1ccc(OCC(=O)NNC(=O)Cc2ccc(Cl)cc2Cl)cc1. The second-order valence-electron chi connectivity index (χ2n) is 4.93. The number of carbonyl (C=O) groups excluding carboxylic acids is 2. The van der Waals surface area contributed by atoms with Crippen LogP contribution in [0.25, 0.3) is 0 Å². The number of hydrogen-bond donors (Lipinski definition) is 2. The fraction of sp³-hybridized carbons (Fsp3) is 0.118. The first-order valence-corrected chi connectivity index (χ1v) is 7.88. The van der Waals surface area contributed by atoms with E-state index in [1.165, 1.54) is 6.07 Å². The van der Waals surface area contributed by atoms with Crippen LogP contribution >= 0.6 is 23.2 Å². The minimum absolute atomic E-state index is 0.00718. The largest absolute Gasteiger partial charge is 0.484 e. The number of nitrogens with one attached hydrogen (secondary N) is 2. The van der Waals surface area contributed by atoms with E-state index < -0.39 is 11.8 Å². The number of hydrogen-bond acceptors (Lipinski definition) is 4. The molecular weight excluding hydrogens is 365 g/mol. The summed E-state index contributed by atoms with van der Waals surface area (Å²) in [5.41, 5.74) is 5.60. The van der Waals surface area contributed by atoms with Crippen LogP contribution in [-0.4, -0.2) is 18.4 Å². The third-order valence-electron chi connectivity index (χ3n) is 3.06. The smallest absolute Gasteiger partial charge is 0.276 e. The standard InChI is InChI=1S/C17H13Cl2N3O3/c18-13-4-3-12(15(19)8-13)7-16(23)21-22-17(24)10-25-14-5-1-11(9-20)2-6-14/h1-6,8H,7,10H2,(H,21,23)(H,22,24). The normalized spacial score (nSPS) is 9.80. The third-order valence-corrected chi connectivity index (χ3v) is 3.65. The summed E-state index contributed by atoms with van der Waals surface area (Å²) in [6.07, 6.45) is -0.00718. The van der Waals surface area contributed by atoms with Crippen LogP contribution in [0.3, 0.4) is 0 Å². The van der Waals surface area contributed by atoms with Gasteiger partial charge in [0.25, 0.3) is 5.91 Å². The van der Waals surface area contributed by atoms with E-state index in [1.807, 2.05) is 6.07 Å². The van der Waals surface area contributed by atoms with Gasteiger partial charge in [-0.2, -0.15) is 5.26 Å². The molecule has 0 spiro atoms. The van der Waals surface area contributed by atoms with Crippen LogP contribution in [-0.2, 0) is 16.0 Å². The van der Waals surface area contributed by atoms with Gasteiger partial charge in [-0.25, -0.2) is 0 Å². The molecule has 0 saturated carbocycles. The Morgan fingerprint density at radius 1 is 1.04 bits per heavy atom. The number of carbonyl (C=O) groups is 2. The van der Waals surface area contributed by atoms with Gasteiger partial charge >= 0.3 is 0 Å². The Kier molecular flexibility index (Phi) is 6.63. The number of rotatable bonds is 5. The highest BCUT2D eigenvalue weighted by molar-refractivity contribution is 6.35. The van der Waals surface area contributed by atoms with Crippen molar-refractivity contribution in [2.24, 2.45) is 0 Å². The number of nitrogens with zero attached hydrogens (tertiary/aromatic N) is 1. The molecule has 0 aliphatic heterocycles. The van der Waals surface area contributed by atoms with E-state index in [1.54, 1.807) is 36.4 Å². The fourth-order valence-corrected chi connectivity index (χ4v) is 2.31. The van der Waals surface area contributed by atoms with Gasteiger partial charge < -0.3 is 4.74 Å². The Balaban J connectivity index is 1.75. The van der Waals surface area contributed by atoms with E-state index >= 15 is 0 Å². The summed E-state index contributed by atoms with van der Waals surface area (Å²) in [5.74, 6) is -0.524. The van der Waals surface area contributed by atoms with Crippen LogP contribution in [0.5, 0.6) is 5.75 Å². The molecule has 2 amide bonds. The van der Waals surface area contributed by atoms with Gasteiger partial charge in [0.1, 0.15) is 5.75 Å². The summed E-state index contributed by atoms with van der Waals surface area (Å²) in [6, 6.07) is 13.1. The lowest BCUT2D eigenvalue weighted by atomic mass is 10.1. The number of halogens is 2. The molecule has 0 aliphatic carbocycles. The van der Waals surface area contributed by atoms with Gasteiger partial charge in [0, 0.05) is 10.0 Å². The zero-order valence-corrected chi connectivity index (χ0v) is 14.4. The highest BCUT2D eigenvalue weighted by Crippen LogP contribution is 2.21. The van der Waals surface area contributed by atoms with Gasteiger partial charge in [-0.05, 0) is 42.0 Å². The Morgan fingerprint density at radius 3 is 2.36 bits per heavy atom. The van der Waals surface area contributed by atoms with Crippen molar-refractivity contribution in [1.29, 1.82) is 5.26 Å². The average molecular weight is 378 g/mol. The molecule has 0 radical (unpaired) electrons. The minimum Gasteiger partial charge on any atom is -0.484 e. The summed E-state index contributed by atoms with van der Waals surface area (Å²) in [6.45, 7) is -0.284. The Morgan fingerprint density at radius 2 is 1.72 bits per heavy atom. The van der Waals surface area contributed by atoms with Crippen LogP contribution in [0.4, 0.5) is 0 Å². The van der Waals surface area contributed by atoms with E-state index in [4.69, 9.17) is 33.2 Å². The summed E-state index contributed by atoms with van der Waals surface area (Å²) >= 11 is 11.8. The van der Waals surface area contributed by atoms with Gasteiger partial charge in [-0.1, -0.05) is 29.3 Å². The van der Waals surface area contributed by atoms with Crippen LogP contribution < -0.4 is 15.6 Å². The minimum atomic E-state index is -0.528. The molecule has 0 heterocycles. The maximum atomic E-state index is 11.8. The van der Waals surface area contributed by atoms with E-state index in [0.717, 1.165) is 0 Å². The molecule has 6 nitrogen and oxygen atoms in total. The van der Waals surface area contributed by atoms with E-state index in [2.05, 4.69) is 10.9 Å². The Hall–Kier alpha value is -2.75. The van der Waals surface area contributed by atoms with Crippen molar-refractivity contribution in [3.63, 3.8) is 0 Å². The molecule has 0 fully saturated rings. The van der Waals surface area contributed by atoms with Crippen molar-refractivity contribution < 1.29 is 14.3 Å². The second-order valence-corrected chi connectivity index (χ2v) is 5.78. The molecule has 8 heteroatoms. The second kappa shape index (κ2) is 8.92. The molecule has 2 N–H and O–H groups in total. The number of nitriles is 1. The van der Waals surface area contributed by atoms with Crippen LogP contribution in [0.1, 0.15) is 11.1 Å². The van der Waals surface area contributed by atoms with Crippen LogP contribution in [0.15, 0.2) is 42.5 Å². The van der Waals surface area contributed by atoms with E-state index in [9.17, 15) is 9.59 Å². The maximum absolute atomic E-state index is 11.8. The molecule has 0 saturated heterocycles. The molecule has 0 atom stereocenters. The highest BCUT2D eigenvalue weighted by atomic mass is 35.5. The molecule has 0 aliphatic rings. The summed E-state index contributed by atoms with van der Waals surface area (Å²) < 4.78 is 5.24. The fourth-order valence-electron chi connectivity index (χ4n) is 1.83. The van der Waals surface area contributed by atoms with Crippen LogP contribution in [0, 0.1) is 11.3 Å². The van der Waals surface area contributed by atoms with Crippen molar-refractivity contribution in [2.45, 2.75) is 6.42 Å². The molecular formula is C17H13Cl2N3O3. The van der Waals surface area contributed by atoms with Gasteiger partial charge in [-0.3, -0.25) is 20.4 Å². The molecule has 0 bridgehead atoms. The molecule has 2 rings (SSSR count). The van der Waals surface area contributed by atoms with Gasteiger partial charge in [0.15, 0.2) is 6.61 Å². The lowest BCUT2D eigenvalue weighted by molar-refractivity contribution is -0.129. The topological polar surface area (TPSA) is 91.2 Å². The number of ether oxygens (including phenoxy) is 1. The quantitative estimate of drug-likeness (QED) is 0.783. The number of benzene rings is 2. The first-order chi connectivity index (χ1) is 12.0. The molecule has 0 unspecified atom stereocenters. The zero-order valence-electron chi connectivity index (χ0n) is 12.9. The third kappa shape index (κ3) is 5.99. The van der Waals surface area contributed by atoms with E-state index in [0.29, 0.717) is 26.9 Å². The summed E-state index contributed by atoms with van der Waals surface area (Å²) in [7, 11) is 0. The zero-order chi connectivity index (χ0) is 18.2. The van der Waals surface area contributed by atoms with Crippen molar-refractivity contribution in [3.8, 4) is 11.8 Å². The molecule has 0 aromatic heterocycles. The molecule has 128 valence electrons. The lowest BCUT2D eigenvalue weighted by Crippen LogP contribution is -2.44. The molecule has 25 heavy (non-hydrogen) atoms. The van der Waals surface area contributed by atoms with E-state index in [-0.39, 0.29) is 13.0 Å². The first-order valence-electron chi connectivity index (χ1n) is 7.12. The molecule has 2 aromatic rings. The van der Waals surface area contributed by atoms with Gasteiger partial charge in [0.2, 0.25) is 5.91 Å². The Bertz CT molecular complexity index is 817. The molecule has 2 aromatic carbocycles. The van der Waals surface area contributed by atoms with Crippen LogP contribution in [0.2, 0.25) is 10.0 Å². The van der Waals surface area contributed by atoms with Crippen molar-refractivity contribution in [3.05, 3.63) is 63.6 Å². The lowest BCUT2D eigenvalue weighted by Gasteiger charge is -2.09. The summed E-state index contributed by atoms with van der Waals surface area (Å²) in [4.78, 5) is 23.5. The maximum Gasteiger partial charge on any atom is 0.276 e. The van der Waals surface area contributed by atoms with Gasteiger partial charge in [-0.15, -0.1) is 0 Å². The Labute approximate surface area is 154 Å². The predicted molar refractivity (Wildman–Crippen MR) is 93.1 cm³/mol.